The number of aldehydes is 1. The lowest BCUT2D eigenvalue weighted by molar-refractivity contribution is -0.157. The van der Waals surface area contributed by atoms with Gasteiger partial charge in [-0.05, 0) is 54.4 Å². The molecular formula is C17H18BrNO4S. The molecule has 24 heavy (non-hydrogen) atoms. The molecule has 1 aromatic heterocycles. The number of ether oxygens (including phenoxy) is 2. The Morgan fingerprint density at radius 1 is 1.38 bits per heavy atom. The summed E-state index contributed by atoms with van der Waals surface area (Å²) < 4.78 is 11.3. The van der Waals surface area contributed by atoms with Crippen LogP contribution in [0.4, 0.5) is 5.69 Å². The fraction of sp³-hybridized carbons (Fsp3) is 0.294. The van der Waals surface area contributed by atoms with Gasteiger partial charge in [0.25, 0.3) is 0 Å². The Bertz CT molecular complexity index is 764. The summed E-state index contributed by atoms with van der Waals surface area (Å²) in [5, 5.41) is 0. The normalized spacial score (nSPS) is 11.2. The zero-order valence-electron chi connectivity index (χ0n) is 13.6. The molecule has 2 N–H and O–H groups in total. The zero-order chi connectivity index (χ0) is 17.9. The van der Waals surface area contributed by atoms with Crippen LogP contribution in [0.5, 0.6) is 5.75 Å². The summed E-state index contributed by atoms with van der Waals surface area (Å²) in [6.45, 7) is 5.06. The zero-order valence-corrected chi connectivity index (χ0v) is 16.0. The second-order valence-corrected chi connectivity index (χ2v) is 7.90. The lowest BCUT2D eigenvalue weighted by Crippen LogP contribution is -2.27. The van der Waals surface area contributed by atoms with Gasteiger partial charge in [-0.1, -0.05) is 12.1 Å². The summed E-state index contributed by atoms with van der Waals surface area (Å²) >= 11 is 4.71. The van der Waals surface area contributed by atoms with Crippen molar-refractivity contribution in [2.24, 2.45) is 0 Å². The van der Waals surface area contributed by atoms with Gasteiger partial charge in [0.05, 0.1) is 9.35 Å². The number of hydrogen-bond donors (Lipinski definition) is 1. The molecule has 1 aromatic carbocycles. The summed E-state index contributed by atoms with van der Waals surface area (Å²) in [6.07, 6.45) is 0.704. The number of anilines is 1. The minimum atomic E-state index is -0.591. The van der Waals surface area contributed by atoms with E-state index in [2.05, 4.69) is 15.9 Å². The Morgan fingerprint density at radius 2 is 2.08 bits per heavy atom. The van der Waals surface area contributed by atoms with E-state index in [4.69, 9.17) is 15.2 Å². The van der Waals surface area contributed by atoms with Crippen molar-refractivity contribution in [2.45, 2.75) is 26.4 Å². The van der Waals surface area contributed by atoms with Gasteiger partial charge in [-0.15, -0.1) is 11.3 Å². The maximum absolute atomic E-state index is 11.8. The Labute approximate surface area is 152 Å². The number of halogens is 1. The molecule has 0 bridgehead atoms. The van der Waals surface area contributed by atoms with Gasteiger partial charge in [0.2, 0.25) is 0 Å². The highest BCUT2D eigenvalue weighted by molar-refractivity contribution is 9.10. The summed E-state index contributed by atoms with van der Waals surface area (Å²) in [4.78, 5) is 24.3. The molecule has 0 atom stereocenters. The third-order valence-corrected chi connectivity index (χ3v) is 5.01. The number of thiophene rings is 1. The molecule has 0 aliphatic rings. The number of nitrogen functional groups attached to an aromatic ring is 1. The van der Waals surface area contributed by atoms with E-state index in [-0.39, 0.29) is 6.61 Å². The lowest BCUT2D eigenvalue weighted by atomic mass is 10.1. The topological polar surface area (TPSA) is 78.6 Å². The molecule has 2 rings (SSSR count). The molecule has 0 spiro atoms. The van der Waals surface area contributed by atoms with Gasteiger partial charge >= 0.3 is 5.97 Å². The summed E-state index contributed by atoms with van der Waals surface area (Å²) in [5.41, 5.74) is 6.70. The van der Waals surface area contributed by atoms with E-state index < -0.39 is 11.6 Å². The Hall–Kier alpha value is -1.86. The third-order valence-electron chi connectivity index (χ3n) is 2.84. The minimum absolute atomic E-state index is 0.274. The third kappa shape index (κ3) is 4.58. The van der Waals surface area contributed by atoms with Gasteiger partial charge in [-0.3, -0.25) is 4.79 Å². The van der Waals surface area contributed by atoms with Crippen molar-refractivity contribution in [1.29, 1.82) is 0 Å². The van der Waals surface area contributed by atoms with Gasteiger partial charge in [0.15, 0.2) is 18.6 Å². The number of hydrogen-bond acceptors (Lipinski definition) is 6. The molecule has 128 valence electrons. The summed E-state index contributed by atoms with van der Waals surface area (Å²) in [5.74, 6) is -0.166. The van der Waals surface area contributed by atoms with Gasteiger partial charge < -0.3 is 15.2 Å². The Morgan fingerprint density at radius 3 is 2.67 bits per heavy atom. The second-order valence-electron chi connectivity index (χ2n) is 6.06. The van der Waals surface area contributed by atoms with Crippen molar-refractivity contribution in [1.82, 2.24) is 0 Å². The molecule has 0 fully saturated rings. The van der Waals surface area contributed by atoms with Crippen LogP contribution in [0.25, 0.3) is 10.4 Å². The molecule has 0 aliphatic heterocycles. The van der Waals surface area contributed by atoms with Crippen molar-refractivity contribution in [3.8, 4) is 16.2 Å². The number of benzene rings is 1. The molecule has 0 radical (unpaired) electrons. The SMILES string of the molecule is CC(C)(C)OC(=O)COc1c(C=O)sc(-c2cccc(N)c2)c1Br. The van der Waals surface area contributed by atoms with Crippen LogP contribution in [-0.4, -0.2) is 24.5 Å². The van der Waals surface area contributed by atoms with Gasteiger partial charge in [-0.25, -0.2) is 4.79 Å². The fourth-order valence-electron chi connectivity index (χ4n) is 1.99. The molecule has 0 saturated carbocycles. The molecule has 0 aliphatic carbocycles. The van der Waals surface area contributed by atoms with Crippen LogP contribution < -0.4 is 10.5 Å². The van der Waals surface area contributed by atoms with Crippen LogP contribution in [0.2, 0.25) is 0 Å². The first-order chi connectivity index (χ1) is 11.2. The van der Waals surface area contributed by atoms with Crippen molar-refractivity contribution in [3.05, 3.63) is 33.6 Å². The first kappa shape index (κ1) is 18.5. The van der Waals surface area contributed by atoms with Crippen molar-refractivity contribution >= 4 is 45.2 Å². The predicted octanol–water partition coefficient (Wildman–Crippen LogP) is 4.29. The molecule has 0 amide bonds. The Kier molecular flexibility index (Phi) is 5.66. The van der Waals surface area contributed by atoms with E-state index in [1.807, 2.05) is 18.2 Å². The lowest BCUT2D eigenvalue weighted by Gasteiger charge is -2.19. The number of rotatable bonds is 5. The summed E-state index contributed by atoms with van der Waals surface area (Å²) in [7, 11) is 0. The molecule has 1 heterocycles. The predicted molar refractivity (Wildman–Crippen MR) is 98.6 cm³/mol. The average molecular weight is 412 g/mol. The smallest absolute Gasteiger partial charge is 0.344 e. The van der Waals surface area contributed by atoms with E-state index in [0.717, 1.165) is 10.4 Å². The van der Waals surface area contributed by atoms with Crippen LogP contribution >= 0.6 is 27.3 Å². The van der Waals surface area contributed by atoms with E-state index in [0.29, 0.717) is 27.1 Å². The van der Waals surface area contributed by atoms with E-state index in [1.165, 1.54) is 11.3 Å². The standard InChI is InChI=1S/C17H18BrNO4S/c1-17(2,3)23-13(21)9-22-15-12(8-20)24-16(14(15)18)10-5-4-6-11(19)7-10/h4-8H,9,19H2,1-3H3. The van der Waals surface area contributed by atoms with Gasteiger partial charge in [-0.2, -0.15) is 0 Å². The monoisotopic (exact) mass is 411 g/mol. The van der Waals surface area contributed by atoms with E-state index in [9.17, 15) is 9.59 Å². The first-order valence-corrected chi connectivity index (χ1v) is 8.80. The molecule has 5 nitrogen and oxygen atoms in total. The largest absolute Gasteiger partial charge is 0.479 e. The van der Waals surface area contributed by atoms with Gasteiger partial charge in [0, 0.05) is 5.69 Å². The van der Waals surface area contributed by atoms with Crippen LogP contribution in [-0.2, 0) is 9.53 Å². The maximum Gasteiger partial charge on any atom is 0.344 e. The van der Waals surface area contributed by atoms with Gasteiger partial charge in [0.1, 0.15) is 10.5 Å². The van der Waals surface area contributed by atoms with Crippen LogP contribution in [0, 0.1) is 0 Å². The van der Waals surface area contributed by atoms with E-state index >= 15 is 0 Å². The van der Waals surface area contributed by atoms with Crippen molar-refractivity contribution in [2.75, 3.05) is 12.3 Å². The minimum Gasteiger partial charge on any atom is -0.479 e. The highest BCUT2D eigenvalue weighted by Gasteiger charge is 2.22. The summed E-state index contributed by atoms with van der Waals surface area (Å²) in [6, 6.07) is 7.31. The van der Waals surface area contributed by atoms with Crippen LogP contribution in [0.3, 0.4) is 0 Å². The Balaban J connectivity index is 2.25. The molecule has 2 aromatic rings. The van der Waals surface area contributed by atoms with Crippen molar-refractivity contribution < 1.29 is 19.1 Å². The van der Waals surface area contributed by atoms with Crippen LogP contribution in [0.15, 0.2) is 28.7 Å². The number of carbonyl (C=O) groups is 2. The molecule has 7 heteroatoms. The van der Waals surface area contributed by atoms with Crippen LogP contribution in [0.1, 0.15) is 30.4 Å². The number of carbonyl (C=O) groups excluding carboxylic acids is 2. The fourth-order valence-corrected chi connectivity index (χ4v) is 3.87. The average Bonchev–Trinajstić information content (AvgIpc) is 2.79. The van der Waals surface area contributed by atoms with E-state index in [1.54, 1.807) is 26.8 Å². The second kappa shape index (κ2) is 7.36. The van der Waals surface area contributed by atoms with Crippen molar-refractivity contribution in [3.63, 3.8) is 0 Å². The highest BCUT2D eigenvalue weighted by atomic mass is 79.9. The first-order valence-electron chi connectivity index (χ1n) is 7.19. The molecule has 0 saturated heterocycles. The highest BCUT2D eigenvalue weighted by Crippen LogP contribution is 2.45. The number of nitrogens with two attached hydrogens (primary N) is 1. The maximum atomic E-state index is 11.8. The molecule has 0 unspecified atom stereocenters. The number of esters is 1. The quantitative estimate of drug-likeness (QED) is 0.450. The molecular weight excluding hydrogens is 394 g/mol.